The monoisotopic (exact) mass is 287 g/mol. The molecule has 0 aliphatic heterocycles. The van der Waals surface area contributed by atoms with E-state index in [-0.39, 0.29) is 10.6 Å². The number of phenols is 1. The predicted octanol–water partition coefficient (Wildman–Crippen LogP) is 3.73. The zero-order chi connectivity index (χ0) is 15.1. The average molecular weight is 287 g/mol. The van der Waals surface area contributed by atoms with Gasteiger partial charge in [-0.3, -0.25) is 0 Å². The summed E-state index contributed by atoms with van der Waals surface area (Å²) >= 11 is 0. The molecule has 0 saturated heterocycles. The van der Waals surface area contributed by atoms with Crippen LogP contribution < -0.4 is 5.73 Å². The Morgan fingerprint density at radius 2 is 1.47 bits per heavy atom. The van der Waals surface area contributed by atoms with Gasteiger partial charge in [0.25, 0.3) is 0 Å². The minimum Gasteiger partial charge on any atom is -0.507 e. The Morgan fingerprint density at radius 3 is 2.00 bits per heavy atom. The average Bonchev–Trinajstić information content (AvgIpc) is 2.42. The first-order valence-electron chi connectivity index (χ1n) is 5.78. The minimum atomic E-state index is -3.78. The highest BCUT2D eigenvalue weighted by molar-refractivity contribution is 8.19. The third kappa shape index (κ3) is 4.70. The van der Waals surface area contributed by atoms with Crippen molar-refractivity contribution in [2.45, 2.75) is 18.7 Å². The topological polar surface area (TPSA) is 107 Å². The predicted molar refractivity (Wildman–Crippen MR) is 80.8 cm³/mol. The highest BCUT2D eigenvalue weighted by atomic mass is 32.3. The van der Waals surface area contributed by atoms with Gasteiger partial charge in [-0.05, 0) is 24.6 Å². The van der Waals surface area contributed by atoms with Gasteiger partial charge in [-0.25, -0.2) is 0 Å². The molecule has 0 atom stereocenters. The molecule has 2 aromatic rings. The van der Waals surface area contributed by atoms with Crippen LogP contribution in [-0.4, -0.2) is 25.8 Å². The molecule has 0 bridgehead atoms. The molecule has 0 saturated carbocycles. The lowest BCUT2D eigenvalue weighted by atomic mass is 10.1. The molecule has 6 N–H and O–H groups in total. The van der Waals surface area contributed by atoms with Crippen LogP contribution in [0.3, 0.4) is 0 Å². The van der Waals surface area contributed by atoms with Gasteiger partial charge in [-0.15, -0.1) is 0 Å². The van der Waals surface area contributed by atoms with Crippen molar-refractivity contribution in [3.8, 4) is 5.75 Å². The molecule has 0 aromatic heterocycles. The second-order valence-corrected chi connectivity index (χ2v) is 4.69. The fourth-order valence-electron chi connectivity index (χ4n) is 1.42. The third-order valence-corrected chi connectivity index (χ3v) is 3.00. The van der Waals surface area contributed by atoms with Crippen molar-refractivity contribution in [3.63, 3.8) is 0 Å². The minimum absolute atomic E-state index is 0.0845. The van der Waals surface area contributed by atoms with Gasteiger partial charge >= 0.3 is 0 Å². The zero-order valence-electron chi connectivity index (χ0n) is 11.2. The Hall–Kier alpha value is -1.31. The second kappa shape index (κ2) is 7.98. The highest BCUT2D eigenvalue weighted by Gasteiger charge is 2.17. The molecule has 0 spiro atoms. The van der Waals surface area contributed by atoms with Crippen molar-refractivity contribution in [1.29, 1.82) is 0 Å². The van der Waals surface area contributed by atoms with Gasteiger partial charge in [-0.2, -0.15) is 0 Å². The lowest BCUT2D eigenvalue weighted by molar-refractivity contribution is 0.375. The number of nitrogens with two attached hydrogens (primary N) is 1. The zero-order valence-corrected chi connectivity index (χ0v) is 12.1. The first kappa shape index (κ1) is 17.7. The first-order chi connectivity index (χ1) is 8.98. The van der Waals surface area contributed by atoms with Gasteiger partial charge < -0.3 is 24.5 Å². The van der Waals surface area contributed by atoms with Crippen LogP contribution in [0.5, 0.6) is 5.75 Å². The van der Waals surface area contributed by atoms with Gasteiger partial charge in [0, 0.05) is 5.39 Å². The molecule has 5 nitrogen and oxygen atoms in total. The number of aromatic hydroxyl groups is 1. The number of phenolic OH excluding ortho intramolecular Hbond substituents is 1. The Morgan fingerprint density at radius 1 is 0.947 bits per heavy atom. The van der Waals surface area contributed by atoms with Crippen molar-refractivity contribution in [2.24, 2.45) is 5.73 Å². The molecule has 0 fully saturated rings. The summed E-state index contributed by atoms with van der Waals surface area (Å²) in [7, 11) is -2.28. The molecule has 0 unspecified atom stereocenters. The summed E-state index contributed by atoms with van der Waals surface area (Å²) in [6, 6.07) is 9.52. The van der Waals surface area contributed by atoms with Crippen LogP contribution >= 0.6 is 10.9 Å². The van der Waals surface area contributed by atoms with E-state index in [1.54, 1.807) is 24.3 Å². The SMILES string of the molecule is CC.CN.Oc1cc(S(O)(O)O)cc2ccccc12. The van der Waals surface area contributed by atoms with Crippen LogP contribution in [-0.2, 0) is 0 Å². The van der Waals surface area contributed by atoms with Gasteiger partial charge in [0.15, 0.2) is 0 Å². The molecule has 0 heterocycles. The summed E-state index contributed by atoms with van der Waals surface area (Å²) in [6.07, 6.45) is 0. The Bertz CT molecular complexity index is 511. The van der Waals surface area contributed by atoms with E-state index >= 15 is 0 Å². The largest absolute Gasteiger partial charge is 0.507 e. The van der Waals surface area contributed by atoms with E-state index in [0.717, 1.165) is 6.07 Å². The molecular weight excluding hydrogens is 266 g/mol. The number of benzene rings is 2. The van der Waals surface area contributed by atoms with Gasteiger partial charge in [-0.1, -0.05) is 38.1 Å². The van der Waals surface area contributed by atoms with Crippen LogP contribution in [0, 0.1) is 0 Å². The van der Waals surface area contributed by atoms with Crippen molar-refractivity contribution in [3.05, 3.63) is 36.4 Å². The molecule has 0 aliphatic carbocycles. The molecule has 0 aliphatic rings. The number of hydrogen-bond acceptors (Lipinski definition) is 5. The van der Waals surface area contributed by atoms with E-state index < -0.39 is 10.9 Å². The Balaban J connectivity index is 0.000000741. The summed E-state index contributed by atoms with van der Waals surface area (Å²) in [4.78, 5) is -0.0845. The van der Waals surface area contributed by atoms with Crippen molar-refractivity contribution >= 4 is 21.6 Å². The maximum Gasteiger partial charge on any atom is 0.124 e. The summed E-state index contributed by atoms with van der Waals surface area (Å²) in [5.74, 6) is -0.0860. The number of rotatable bonds is 1. The normalized spacial score (nSPS) is 10.9. The molecule has 108 valence electrons. The fourth-order valence-corrected chi connectivity index (χ4v) is 1.98. The van der Waals surface area contributed by atoms with Crippen LogP contribution in [0.25, 0.3) is 10.8 Å². The lowest BCUT2D eigenvalue weighted by Gasteiger charge is -2.19. The number of hydrogen-bond donors (Lipinski definition) is 5. The van der Waals surface area contributed by atoms with Crippen molar-refractivity contribution in [2.75, 3.05) is 7.05 Å². The van der Waals surface area contributed by atoms with Gasteiger partial charge in [0.05, 0.1) is 4.90 Å². The van der Waals surface area contributed by atoms with Crippen LogP contribution in [0.15, 0.2) is 41.3 Å². The molecule has 19 heavy (non-hydrogen) atoms. The van der Waals surface area contributed by atoms with E-state index in [4.69, 9.17) is 13.7 Å². The standard InChI is InChI=1S/C10H10O4S.C2H6.CH5N/c11-10-6-8(15(12,13)14)5-7-3-1-2-4-9(7)10;2*1-2/h1-6,11-14H;1-2H3;2H2,1H3. The number of fused-ring (bicyclic) bond motifs is 1. The molecule has 0 radical (unpaired) electrons. The van der Waals surface area contributed by atoms with E-state index in [1.165, 1.54) is 13.1 Å². The highest BCUT2D eigenvalue weighted by Crippen LogP contribution is 2.46. The van der Waals surface area contributed by atoms with Crippen LogP contribution in [0.1, 0.15) is 13.8 Å². The Kier molecular flexibility index (Phi) is 7.43. The molecular formula is C13H21NO4S. The van der Waals surface area contributed by atoms with Gasteiger partial charge in [0.1, 0.15) is 16.6 Å². The quantitative estimate of drug-likeness (QED) is 0.549. The maximum atomic E-state index is 9.60. The summed E-state index contributed by atoms with van der Waals surface area (Å²) < 4.78 is 27.2. The first-order valence-corrected chi connectivity index (χ1v) is 7.29. The molecule has 0 amide bonds. The van der Waals surface area contributed by atoms with Gasteiger partial charge in [0.2, 0.25) is 0 Å². The van der Waals surface area contributed by atoms with Crippen LogP contribution in [0.4, 0.5) is 0 Å². The molecule has 6 heteroatoms. The van der Waals surface area contributed by atoms with Crippen LogP contribution in [0.2, 0.25) is 0 Å². The maximum absolute atomic E-state index is 9.60. The fraction of sp³-hybridized carbons (Fsp3) is 0.231. The van der Waals surface area contributed by atoms with Crippen molar-refractivity contribution in [1.82, 2.24) is 0 Å². The third-order valence-electron chi connectivity index (χ3n) is 2.13. The van der Waals surface area contributed by atoms with E-state index in [0.29, 0.717) is 10.8 Å². The smallest absolute Gasteiger partial charge is 0.124 e. The van der Waals surface area contributed by atoms with Crippen molar-refractivity contribution < 1.29 is 18.8 Å². The van der Waals surface area contributed by atoms with E-state index in [2.05, 4.69) is 5.73 Å². The molecule has 2 rings (SSSR count). The molecule has 2 aromatic carbocycles. The second-order valence-electron chi connectivity index (χ2n) is 3.18. The summed E-state index contributed by atoms with van der Waals surface area (Å²) in [5, 5.41) is 10.8. The Labute approximate surface area is 114 Å². The lowest BCUT2D eigenvalue weighted by Crippen LogP contribution is -1.95. The van der Waals surface area contributed by atoms with E-state index in [1.807, 2.05) is 13.8 Å². The summed E-state index contributed by atoms with van der Waals surface area (Å²) in [6.45, 7) is 4.00. The van der Waals surface area contributed by atoms with E-state index in [9.17, 15) is 5.11 Å². The summed E-state index contributed by atoms with van der Waals surface area (Å²) in [5.41, 5.74) is 4.50.